The largest absolute Gasteiger partial charge is 0.469 e. The van der Waals surface area contributed by atoms with Crippen LogP contribution in [0.2, 0.25) is 0 Å². The molecule has 0 radical (unpaired) electrons. The van der Waals surface area contributed by atoms with Crippen LogP contribution in [0.3, 0.4) is 0 Å². The fourth-order valence-corrected chi connectivity index (χ4v) is 2.58. The molecule has 0 fully saturated rings. The van der Waals surface area contributed by atoms with Gasteiger partial charge in [-0.1, -0.05) is 36.4 Å². The maximum absolute atomic E-state index is 12.4. The van der Waals surface area contributed by atoms with Crippen LogP contribution in [0.15, 0.2) is 43.0 Å². The maximum atomic E-state index is 12.4. The van der Waals surface area contributed by atoms with Gasteiger partial charge in [0.15, 0.2) is 0 Å². The third kappa shape index (κ3) is 7.10. The Labute approximate surface area is 150 Å². The highest BCUT2D eigenvalue weighted by Crippen LogP contribution is 2.25. The molecule has 0 aliphatic carbocycles. The standard InChI is InChI=1S/C20H29NO4/c1-5-15-25-20(17-11-7-6-8-12-17)16(2)21(3)18(22)13-9-10-14-19(23)24-4/h5-8,11-12,16,20H,1,9-10,13-15H2,2-4H3/t16-,20+/m0/s1. The van der Waals surface area contributed by atoms with Crippen molar-refractivity contribution in [2.45, 2.75) is 44.8 Å². The van der Waals surface area contributed by atoms with Gasteiger partial charge in [0.1, 0.15) is 6.10 Å². The van der Waals surface area contributed by atoms with Crippen LogP contribution in [0.4, 0.5) is 0 Å². The zero-order chi connectivity index (χ0) is 18.7. The highest BCUT2D eigenvalue weighted by Gasteiger charge is 2.26. The Morgan fingerprint density at radius 2 is 1.84 bits per heavy atom. The van der Waals surface area contributed by atoms with Gasteiger partial charge >= 0.3 is 5.97 Å². The summed E-state index contributed by atoms with van der Waals surface area (Å²) in [6.45, 7) is 6.09. The summed E-state index contributed by atoms with van der Waals surface area (Å²) >= 11 is 0. The molecule has 1 amide bonds. The van der Waals surface area contributed by atoms with E-state index >= 15 is 0 Å². The Kier molecular flexibility index (Phi) is 9.55. The summed E-state index contributed by atoms with van der Waals surface area (Å²) in [5, 5.41) is 0. The van der Waals surface area contributed by atoms with Crippen molar-refractivity contribution < 1.29 is 19.1 Å². The number of rotatable bonds is 11. The summed E-state index contributed by atoms with van der Waals surface area (Å²) in [5.74, 6) is -0.198. The van der Waals surface area contributed by atoms with Gasteiger partial charge in [-0.25, -0.2) is 0 Å². The zero-order valence-corrected chi connectivity index (χ0v) is 15.4. The predicted molar refractivity (Wildman–Crippen MR) is 98.0 cm³/mol. The Morgan fingerprint density at radius 1 is 1.20 bits per heavy atom. The fourth-order valence-electron chi connectivity index (χ4n) is 2.58. The number of methoxy groups -OCH3 is 1. The van der Waals surface area contributed by atoms with E-state index in [0.717, 1.165) is 5.56 Å². The summed E-state index contributed by atoms with van der Waals surface area (Å²) < 4.78 is 10.5. The lowest BCUT2D eigenvalue weighted by Gasteiger charge is -2.32. The average Bonchev–Trinajstić information content (AvgIpc) is 2.65. The SMILES string of the molecule is C=CCO[C@@H](c1ccccc1)[C@H](C)N(C)C(=O)CCCCC(=O)OC. The molecular weight excluding hydrogens is 318 g/mol. The van der Waals surface area contributed by atoms with Crippen LogP contribution in [0, 0.1) is 0 Å². The predicted octanol–water partition coefficient (Wildman–Crippen LogP) is 3.51. The van der Waals surface area contributed by atoms with E-state index in [2.05, 4.69) is 11.3 Å². The zero-order valence-electron chi connectivity index (χ0n) is 15.4. The summed E-state index contributed by atoms with van der Waals surface area (Å²) in [5.41, 5.74) is 1.03. The molecule has 138 valence electrons. The van der Waals surface area contributed by atoms with Gasteiger partial charge in [0, 0.05) is 19.9 Å². The van der Waals surface area contributed by atoms with Crippen molar-refractivity contribution in [3.63, 3.8) is 0 Å². The van der Waals surface area contributed by atoms with Crippen molar-refractivity contribution in [3.05, 3.63) is 48.6 Å². The van der Waals surface area contributed by atoms with Gasteiger partial charge in [-0.3, -0.25) is 9.59 Å². The normalized spacial score (nSPS) is 12.9. The third-order valence-electron chi connectivity index (χ3n) is 4.21. The number of amides is 1. The van der Waals surface area contributed by atoms with Gasteiger partial charge in [0.25, 0.3) is 0 Å². The number of benzene rings is 1. The van der Waals surface area contributed by atoms with Crippen LogP contribution in [-0.4, -0.2) is 43.6 Å². The second-order valence-electron chi connectivity index (χ2n) is 5.98. The van der Waals surface area contributed by atoms with Crippen LogP contribution in [0.5, 0.6) is 0 Å². The van der Waals surface area contributed by atoms with Crippen molar-refractivity contribution in [2.75, 3.05) is 20.8 Å². The van der Waals surface area contributed by atoms with Crippen LogP contribution in [0.25, 0.3) is 0 Å². The molecule has 0 aliphatic rings. The minimum Gasteiger partial charge on any atom is -0.469 e. The van der Waals surface area contributed by atoms with Crippen LogP contribution in [0.1, 0.15) is 44.3 Å². The first-order chi connectivity index (χ1) is 12.0. The number of esters is 1. The van der Waals surface area contributed by atoms with E-state index in [0.29, 0.717) is 32.3 Å². The summed E-state index contributed by atoms with van der Waals surface area (Å²) in [7, 11) is 3.16. The molecule has 0 unspecified atom stereocenters. The lowest BCUT2D eigenvalue weighted by atomic mass is 10.0. The molecule has 5 heteroatoms. The number of carbonyl (C=O) groups is 2. The molecule has 25 heavy (non-hydrogen) atoms. The molecule has 1 rings (SSSR count). The Balaban J connectivity index is 2.62. The van der Waals surface area contributed by atoms with Gasteiger partial charge in [0.2, 0.25) is 5.91 Å². The number of hydrogen-bond donors (Lipinski definition) is 0. The molecule has 5 nitrogen and oxygen atoms in total. The van der Waals surface area contributed by atoms with Gasteiger partial charge in [-0.15, -0.1) is 6.58 Å². The number of hydrogen-bond acceptors (Lipinski definition) is 4. The van der Waals surface area contributed by atoms with Crippen molar-refractivity contribution in [3.8, 4) is 0 Å². The number of ether oxygens (including phenoxy) is 2. The summed E-state index contributed by atoms with van der Waals surface area (Å²) in [6, 6.07) is 9.75. The monoisotopic (exact) mass is 347 g/mol. The Hall–Kier alpha value is -2.14. The van der Waals surface area contributed by atoms with E-state index in [4.69, 9.17) is 4.74 Å². The topological polar surface area (TPSA) is 55.8 Å². The van der Waals surface area contributed by atoms with E-state index in [1.165, 1.54) is 7.11 Å². The minimum atomic E-state index is -0.240. The molecular formula is C20H29NO4. The number of nitrogens with zero attached hydrogens (tertiary/aromatic N) is 1. The molecule has 0 saturated carbocycles. The molecule has 0 aliphatic heterocycles. The maximum Gasteiger partial charge on any atom is 0.305 e. The molecule has 0 heterocycles. The van der Waals surface area contributed by atoms with Crippen LogP contribution >= 0.6 is 0 Å². The Bertz CT molecular complexity index is 544. The highest BCUT2D eigenvalue weighted by atomic mass is 16.5. The minimum absolute atomic E-state index is 0.0421. The quantitative estimate of drug-likeness (QED) is 0.349. The van der Waals surface area contributed by atoms with Crippen LogP contribution in [-0.2, 0) is 19.1 Å². The number of unbranched alkanes of at least 4 members (excludes halogenated alkanes) is 1. The number of carbonyl (C=O) groups excluding carboxylic acids is 2. The summed E-state index contributed by atoms with van der Waals surface area (Å²) in [4.78, 5) is 25.3. The van der Waals surface area contributed by atoms with Gasteiger partial charge in [-0.05, 0) is 25.3 Å². The van der Waals surface area contributed by atoms with E-state index < -0.39 is 0 Å². The molecule has 0 N–H and O–H groups in total. The van der Waals surface area contributed by atoms with Gasteiger partial charge in [-0.2, -0.15) is 0 Å². The van der Waals surface area contributed by atoms with Crippen LogP contribution < -0.4 is 0 Å². The van der Waals surface area contributed by atoms with Crippen molar-refractivity contribution >= 4 is 11.9 Å². The molecule has 0 bridgehead atoms. The first-order valence-corrected chi connectivity index (χ1v) is 8.61. The summed E-state index contributed by atoms with van der Waals surface area (Å²) in [6.07, 6.45) is 3.55. The molecule has 0 spiro atoms. The van der Waals surface area contributed by atoms with Crippen molar-refractivity contribution in [1.29, 1.82) is 0 Å². The second kappa shape index (κ2) is 11.4. The molecule has 1 aromatic carbocycles. The first-order valence-electron chi connectivity index (χ1n) is 8.61. The smallest absolute Gasteiger partial charge is 0.305 e. The Morgan fingerprint density at radius 3 is 2.44 bits per heavy atom. The average molecular weight is 347 g/mol. The third-order valence-corrected chi connectivity index (χ3v) is 4.21. The molecule has 1 aromatic rings. The van der Waals surface area contributed by atoms with Gasteiger partial charge < -0.3 is 14.4 Å². The van der Waals surface area contributed by atoms with E-state index in [1.807, 2.05) is 37.3 Å². The van der Waals surface area contributed by atoms with Crippen molar-refractivity contribution in [1.82, 2.24) is 4.90 Å². The van der Waals surface area contributed by atoms with Gasteiger partial charge in [0.05, 0.1) is 19.8 Å². The highest BCUT2D eigenvalue weighted by molar-refractivity contribution is 5.76. The molecule has 0 aromatic heterocycles. The van der Waals surface area contributed by atoms with E-state index in [-0.39, 0.29) is 24.0 Å². The molecule has 0 saturated heterocycles. The molecule has 2 atom stereocenters. The fraction of sp³-hybridized carbons (Fsp3) is 0.500. The first kappa shape index (κ1) is 20.9. The number of likely N-dealkylation sites (N-methyl/N-ethyl adjacent to an activating group) is 1. The van der Waals surface area contributed by atoms with E-state index in [9.17, 15) is 9.59 Å². The lowest BCUT2D eigenvalue weighted by Crippen LogP contribution is -2.39. The lowest BCUT2D eigenvalue weighted by molar-refractivity contribution is -0.141. The van der Waals surface area contributed by atoms with E-state index in [1.54, 1.807) is 18.0 Å². The van der Waals surface area contributed by atoms with Crippen molar-refractivity contribution in [2.24, 2.45) is 0 Å². The second-order valence-corrected chi connectivity index (χ2v) is 5.98.